The smallest absolute Gasteiger partial charge is 0.271 e. The van der Waals surface area contributed by atoms with Crippen molar-refractivity contribution < 1.29 is 0 Å². The van der Waals surface area contributed by atoms with Gasteiger partial charge in [0.2, 0.25) is 0 Å². The summed E-state index contributed by atoms with van der Waals surface area (Å²) >= 11 is 0. The third-order valence-electron chi connectivity index (χ3n) is 4.92. The first-order chi connectivity index (χ1) is 10.2. The lowest BCUT2D eigenvalue weighted by Crippen LogP contribution is -2.47. The summed E-state index contributed by atoms with van der Waals surface area (Å²) in [5.74, 6) is 0. The molecule has 1 aromatic heterocycles. The Balaban J connectivity index is 1.66. The number of para-hydroxylation sites is 2. The van der Waals surface area contributed by atoms with Gasteiger partial charge in [-0.05, 0) is 37.8 Å². The standard InChI is InChI=1S/C16H20N4O/c17-10-7-11-5-6-12(8-10)20(11)9-15-16(21)19-14-4-2-1-3-13(14)18-15/h1-4,10-12H,5-9,17H2,(H,19,21). The van der Waals surface area contributed by atoms with Crippen LogP contribution in [0.1, 0.15) is 31.4 Å². The number of hydrogen-bond donors (Lipinski definition) is 2. The summed E-state index contributed by atoms with van der Waals surface area (Å²) in [5.41, 5.74) is 8.32. The van der Waals surface area contributed by atoms with E-state index in [-0.39, 0.29) is 5.56 Å². The maximum atomic E-state index is 12.2. The molecule has 0 spiro atoms. The predicted molar refractivity (Wildman–Crippen MR) is 81.9 cm³/mol. The molecule has 0 aliphatic carbocycles. The summed E-state index contributed by atoms with van der Waals surface area (Å²) < 4.78 is 0. The van der Waals surface area contributed by atoms with Crippen molar-refractivity contribution in [1.82, 2.24) is 14.9 Å². The molecule has 2 bridgehead atoms. The van der Waals surface area contributed by atoms with Crippen molar-refractivity contribution in [2.45, 2.75) is 50.4 Å². The number of nitrogens with zero attached hydrogens (tertiary/aromatic N) is 2. The third-order valence-corrected chi connectivity index (χ3v) is 4.92. The number of nitrogens with one attached hydrogen (secondary N) is 1. The Labute approximate surface area is 123 Å². The van der Waals surface area contributed by atoms with Gasteiger partial charge in [0, 0.05) is 24.7 Å². The average molecular weight is 284 g/mol. The van der Waals surface area contributed by atoms with Crippen molar-refractivity contribution >= 4 is 11.0 Å². The van der Waals surface area contributed by atoms with Crippen molar-refractivity contribution in [3.05, 3.63) is 40.3 Å². The van der Waals surface area contributed by atoms with Crippen molar-refractivity contribution in [3.63, 3.8) is 0 Å². The van der Waals surface area contributed by atoms with E-state index in [1.807, 2.05) is 24.3 Å². The summed E-state index contributed by atoms with van der Waals surface area (Å²) in [6.45, 7) is 0.641. The number of benzene rings is 1. The van der Waals surface area contributed by atoms with Gasteiger partial charge in [-0.2, -0.15) is 0 Å². The monoisotopic (exact) mass is 284 g/mol. The maximum Gasteiger partial charge on any atom is 0.271 e. The van der Waals surface area contributed by atoms with E-state index in [2.05, 4.69) is 14.9 Å². The lowest BCUT2D eigenvalue weighted by molar-refractivity contribution is 0.118. The van der Waals surface area contributed by atoms with Crippen molar-refractivity contribution in [2.75, 3.05) is 0 Å². The zero-order chi connectivity index (χ0) is 14.4. The highest BCUT2D eigenvalue weighted by molar-refractivity contribution is 5.73. The average Bonchev–Trinajstić information content (AvgIpc) is 2.70. The Morgan fingerprint density at radius 3 is 2.71 bits per heavy atom. The molecule has 3 N–H and O–H groups in total. The van der Waals surface area contributed by atoms with Gasteiger partial charge in [-0.15, -0.1) is 0 Å². The molecule has 4 rings (SSSR count). The molecule has 2 unspecified atom stereocenters. The molecular weight excluding hydrogens is 264 g/mol. The Kier molecular flexibility index (Phi) is 3.05. The summed E-state index contributed by atoms with van der Waals surface area (Å²) in [6, 6.07) is 9.04. The van der Waals surface area contributed by atoms with E-state index in [0.29, 0.717) is 30.4 Å². The zero-order valence-corrected chi connectivity index (χ0v) is 12.0. The fraction of sp³-hybridized carbons (Fsp3) is 0.500. The molecule has 110 valence electrons. The second kappa shape index (κ2) is 4.93. The van der Waals surface area contributed by atoms with Gasteiger partial charge in [0.25, 0.3) is 5.56 Å². The number of H-pyrrole nitrogens is 1. The molecule has 3 heterocycles. The molecule has 2 aromatic rings. The third kappa shape index (κ3) is 2.26. The number of aromatic nitrogens is 2. The van der Waals surface area contributed by atoms with Gasteiger partial charge in [0.05, 0.1) is 11.0 Å². The van der Waals surface area contributed by atoms with Crippen molar-refractivity contribution in [3.8, 4) is 0 Å². The molecule has 21 heavy (non-hydrogen) atoms. The van der Waals surface area contributed by atoms with Crippen LogP contribution in [0.4, 0.5) is 0 Å². The van der Waals surface area contributed by atoms with E-state index in [1.165, 1.54) is 12.8 Å². The van der Waals surface area contributed by atoms with Gasteiger partial charge in [-0.25, -0.2) is 4.98 Å². The Morgan fingerprint density at radius 2 is 1.95 bits per heavy atom. The van der Waals surface area contributed by atoms with Crippen molar-refractivity contribution in [1.29, 1.82) is 0 Å². The molecular formula is C16H20N4O. The van der Waals surface area contributed by atoms with Gasteiger partial charge in [0.1, 0.15) is 5.69 Å². The van der Waals surface area contributed by atoms with Gasteiger partial charge < -0.3 is 10.7 Å². The molecule has 2 atom stereocenters. The highest BCUT2D eigenvalue weighted by Crippen LogP contribution is 2.35. The molecule has 1 aromatic carbocycles. The van der Waals surface area contributed by atoms with Crippen LogP contribution in [-0.2, 0) is 6.54 Å². The summed E-state index contributed by atoms with van der Waals surface area (Å²) in [6.07, 6.45) is 4.48. The summed E-state index contributed by atoms with van der Waals surface area (Å²) in [7, 11) is 0. The van der Waals surface area contributed by atoms with Crippen LogP contribution in [0.25, 0.3) is 11.0 Å². The molecule has 2 fully saturated rings. The predicted octanol–water partition coefficient (Wildman–Crippen LogP) is 1.38. The molecule has 5 heteroatoms. The summed E-state index contributed by atoms with van der Waals surface area (Å²) in [4.78, 5) is 22.2. The molecule has 0 amide bonds. The molecule has 0 radical (unpaired) electrons. The fourth-order valence-corrected chi connectivity index (χ4v) is 3.92. The molecule has 2 aliphatic heterocycles. The van der Waals surface area contributed by atoms with Crippen LogP contribution >= 0.6 is 0 Å². The van der Waals surface area contributed by atoms with Crippen LogP contribution in [-0.4, -0.2) is 33.0 Å². The van der Waals surface area contributed by atoms with E-state index in [0.717, 1.165) is 23.9 Å². The Morgan fingerprint density at radius 1 is 1.24 bits per heavy atom. The van der Waals surface area contributed by atoms with E-state index >= 15 is 0 Å². The summed E-state index contributed by atoms with van der Waals surface area (Å²) in [5, 5.41) is 0. The van der Waals surface area contributed by atoms with Crippen molar-refractivity contribution in [2.24, 2.45) is 5.73 Å². The normalized spacial score (nSPS) is 29.1. The number of aromatic amines is 1. The number of piperidine rings is 1. The molecule has 2 aliphatic rings. The first kappa shape index (κ1) is 13.0. The largest absolute Gasteiger partial charge is 0.328 e. The number of hydrogen-bond acceptors (Lipinski definition) is 4. The zero-order valence-electron chi connectivity index (χ0n) is 12.0. The van der Waals surface area contributed by atoms with Gasteiger partial charge in [-0.1, -0.05) is 12.1 Å². The first-order valence-corrected chi connectivity index (χ1v) is 7.70. The number of rotatable bonds is 2. The van der Waals surface area contributed by atoms with Crippen LogP contribution in [0.3, 0.4) is 0 Å². The van der Waals surface area contributed by atoms with Crippen LogP contribution < -0.4 is 11.3 Å². The van der Waals surface area contributed by atoms with E-state index in [4.69, 9.17) is 5.73 Å². The van der Waals surface area contributed by atoms with Crippen LogP contribution in [0.5, 0.6) is 0 Å². The van der Waals surface area contributed by atoms with Crippen LogP contribution in [0.2, 0.25) is 0 Å². The highest BCUT2D eigenvalue weighted by Gasteiger charge is 2.39. The van der Waals surface area contributed by atoms with E-state index in [1.54, 1.807) is 0 Å². The van der Waals surface area contributed by atoms with Gasteiger partial charge in [-0.3, -0.25) is 9.69 Å². The highest BCUT2D eigenvalue weighted by atomic mass is 16.1. The quantitative estimate of drug-likeness (QED) is 0.873. The lowest BCUT2D eigenvalue weighted by Gasteiger charge is -2.37. The lowest BCUT2D eigenvalue weighted by atomic mass is 9.98. The Bertz CT molecular complexity index is 712. The molecule has 0 saturated carbocycles. The number of fused-ring (bicyclic) bond motifs is 3. The SMILES string of the molecule is NC1CC2CCC(C1)N2Cc1nc2ccccc2[nH]c1=O. The van der Waals surface area contributed by atoms with Crippen LogP contribution in [0.15, 0.2) is 29.1 Å². The topological polar surface area (TPSA) is 75.0 Å². The minimum atomic E-state index is -0.0667. The maximum absolute atomic E-state index is 12.2. The molecule has 2 saturated heterocycles. The second-order valence-electron chi connectivity index (χ2n) is 6.32. The number of nitrogens with two attached hydrogens (primary N) is 1. The second-order valence-corrected chi connectivity index (χ2v) is 6.32. The Hall–Kier alpha value is -1.72. The minimum Gasteiger partial charge on any atom is -0.328 e. The fourth-order valence-electron chi connectivity index (χ4n) is 3.92. The van der Waals surface area contributed by atoms with Gasteiger partial charge >= 0.3 is 0 Å². The minimum absolute atomic E-state index is 0.0667. The van der Waals surface area contributed by atoms with E-state index in [9.17, 15) is 4.79 Å². The van der Waals surface area contributed by atoms with E-state index < -0.39 is 0 Å². The van der Waals surface area contributed by atoms with Gasteiger partial charge in [0.15, 0.2) is 0 Å². The first-order valence-electron chi connectivity index (χ1n) is 7.70. The van der Waals surface area contributed by atoms with Crippen LogP contribution in [0, 0.1) is 0 Å². The molecule has 5 nitrogen and oxygen atoms in total.